The zero-order chi connectivity index (χ0) is 15.2. The molecule has 1 aromatic heterocycles. The molecule has 0 atom stereocenters. The number of halogens is 1. The Morgan fingerprint density at radius 2 is 1.95 bits per heavy atom. The highest BCUT2D eigenvalue weighted by atomic mass is 79.9. The Bertz CT molecular complexity index is 661. The fourth-order valence-corrected chi connectivity index (χ4v) is 1.99. The van der Waals surface area contributed by atoms with Crippen molar-refractivity contribution >= 4 is 33.8 Å². The van der Waals surface area contributed by atoms with E-state index in [4.69, 9.17) is 9.84 Å². The number of rotatable bonds is 4. The van der Waals surface area contributed by atoms with Gasteiger partial charge in [-0.15, -0.1) is 0 Å². The second-order valence-corrected chi connectivity index (χ2v) is 4.87. The maximum absolute atomic E-state index is 11.6. The summed E-state index contributed by atoms with van der Waals surface area (Å²) in [4.78, 5) is 26.5. The van der Waals surface area contributed by atoms with Crippen molar-refractivity contribution in [2.45, 2.75) is 6.61 Å². The summed E-state index contributed by atoms with van der Waals surface area (Å²) in [5.41, 5.74) is 0.858. The van der Waals surface area contributed by atoms with Crippen LogP contribution in [-0.4, -0.2) is 22.2 Å². The molecule has 0 aliphatic carbocycles. The molecule has 21 heavy (non-hydrogen) atoms. The van der Waals surface area contributed by atoms with Crippen molar-refractivity contribution in [2.75, 3.05) is 5.32 Å². The Balaban J connectivity index is 1.98. The summed E-state index contributed by atoms with van der Waals surface area (Å²) < 4.78 is 5.33. The molecule has 6 nitrogen and oxygen atoms in total. The molecule has 1 aromatic carbocycles. The fourth-order valence-electron chi connectivity index (χ4n) is 1.55. The van der Waals surface area contributed by atoms with Crippen molar-refractivity contribution in [1.82, 2.24) is 4.98 Å². The van der Waals surface area contributed by atoms with E-state index in [2.05, 4.69) is 26.2 Å². The van der Waals surface area contributed by atoms with Gasteiger partial charge in [-0.25, -0.2) is 14.6 Å². The summed E-state index contributed by atoms with van der Waals surface area (Å²) in [5, 5.41) is 11.3. The first-order chi connectivity index (χ1) is 10.0. The number of nitrogens with one attached hydrogen (secondary N) is 1. The molecule has 0 aliphatic heterocycles. The molecule has 108 valence electrons. The molecule has 7 heteroatoms. The number of amides is 1. The van der Waals surface area contributed by atoms with E-state index in [0.29, 0.717) is 4.60 Å². The van der Waals surface area contributed by atoms with Gasteiger partial charge in [0.05, 0.1) is 5.56 Å². The third kappa shape index (κ3) is 4.57. The number of aromatic nitrogens is 1. The summed E-state index contributed by atoms with van der Waals surface area (Å²) in [6.07, 6.45) is -0.708. The van der Waals surface area contributed by atoms with Crippen LogP contribution in [0.25, 0.3) is 0 Å². The van der Waals surface area contributed by atoms with Crippen molar-refractivity contribution in [3.63, 3.8) is 0 Å². The van der Waals surface area contributed by atoms with Gasteiger partial charge in [0.25, 0.3) is 0 Å². The lowest BCUT2D eigenvalue weighted by molar-refractivity contribution is 0.0696. The van der Waals surface area contributed by atoms with Crippen LogP contribution in [0.1, 0.15) is 15.9 Å². The first-order valence-electron chi connectivity index (χ1n) is 5.93. The van der Waals surface area contributed by atoms with Crippen LogP contribution in [0.3, 0.4) is 0 Å². The first-order valence-corrected chi connectivity index (χ1v) is 6.72. The second-order valence-electron chi connectivity index (χ2n) is 4.06. The average Bonchev–Trinajstić information content (AvgIpc) is 2.45. The number of carboxylic acid groups (broad SMARTS) is 1. The lowest BCUT2D eigenvalue weighted by atomic mass is 10.2. The highest BCUT2D eigenvalue weighted by Gasteiger charge is 2.10. The van der Waals surface area contributed by atoms with Crippen LogP contribution in [0.2, 0.25) is 0 Å². The lowest BCUT2D eigenvalue weighted by Gasteiger charge is -2.07. The number of ether oxygens (including phenoxy) is 1. The Hall–Kier alpha value is -2.41. The molecule has 0 fully saturated rings. The Morgan fingerprint density at radius 1 is 1.24 bits per heavy atom. The highest BCUT2D eigenvalue weighted by Crippen LogP contribution is 2.15. The van der Waals surface area contributed by atoms with Crippen LogP contribution in [0.5, 0.6) is 0 Å². The number of carbonyl (C=O) groups is 2. The monoisotopic (exact) mass is 350 g/mol. The number of hydrogen-bond donors (Lipinski definition) is 2. The minimum Gasteiger partial charge on any atom is -0.478 e. The van der Waals surface area contributed by atoms with Gasteiger partial charge in [-0.3, -0.25) is 5.32 Å². The third-order valence-corrected chi connectivity index (χ3v) is 2.89. The summed E-state index contributed by atoms with van der Waals surface area (Å²) in [6.45, 7) is 0.118. The van der Waals surface area contributed by atoms with Crippen molar-refractivity contribution in [3.8, 4) is 0 Å². The summed E-state index contributed by atoms with van der Waals surface area (Å²) in [6, 6.07) is 11.8. The number of hydrogen-bond acceptors (Lipinski definition) is 4. The van der Waals surface area contributed by atoms with Crippen LogP contribution < -0.4 is 5.32 Å². The zero-order valence-corrected chi connectivity index (χ0v) is 12.3. The Labute approximate surface area is 128 Å². The van der Waals surface area contributed by atoms with Crippen molar-refractivity contribution in [1.29, 1.82) is 0 Å². The van der Waals surface area contributed by atoms with Crippen molar-refractivity contribution < 1.29 is 19.4 Å². The van der Waals surface area contributed by atoms with Crippen molar-refractivity contribution in [3.05, 3.63) is 58.2 Å². The standard InChI is InChI=1S/C14H11BrN2O4/c15-11-6-10(13(18)19)7-12(16-11)17-14(20)21-8-9-4-2-1-3-5-9/h1-7H,8H2,(H,18,19)(H,16,17,20). The maximum Gasteiger partial charge on any atom is 0.413 e. The van der Waals surface area contributed by atoms with E-state index in [1.54, 1.807) is 0 Å². The van der Waals surface area contributed by atoms with Gasteiger partial charge in [0, 0.05) is 0 Å². The van der Waals surface area contributed by atoms with Crippen LogP contribution in [0, 0.1) is 0 Å². The molecule has 0 spiro atoms. The minimum atomic E-state index is -1.11. The normalized spacial score (nSPS) is 9.95. The third-order valence-electron chi connectivity index (χ3n) is 2.48. The van der Waals surface area contributed by atoms with E-state index in [9.17, 15) is 9.59 Å². The van der Waals surface area contributed by atoms with Gasteiger partial charge < -0.3 is 9.84 Å². The molecular weight excluding hydrogens is 340 g/mol. The van der Waals surface area contributed by atoms with E-state index in [-0.39, 0.29) is 18.0 Å². The van der Waals surface area contributed by atoms with Gasteiger partial charge >= 0.3 is 12.1 Å². The Kier molecular flexibility index (Phi) is 4.89. The average molecular weight is 351 g/mol. The quantitative estimate of drug-likeness (QED) is 0.826. The maximum atomic E-state index is 11.6. The molecule has 2 N–H and O–H groups in total. The number of nitrogens with zero attached hydrogens (tertiary/aromatic N) is 1. The second kappa shape index (κ2) is 6.85. The highest BCUT2D eigenvalue weighted by molar-refractivity contribution is 9.10. The zero-order valence-electron chi connectivity index (χ0n) is 10.7. The number of aromatic carboxylic acids is 1. The first kappa shape index (κ1) is 15.0. The van der Waals surface area contributed by atoms with Crippen LogP contribution >= 0.6 is 15.9 Å². The number of pyridine rings is 1. The van der Waals surface area contributed by atoms with Gasteiger partial charge in [-0.1, -0.05) is 30.3 Å². The van der Waals surface area contributed by atoms with Gasteiger partial charge in [-0.05, 0) is 33.6 Å². The molecule has 1 heterocycles. The van der Waals surface area contributed by atoms with Gasteiger partial charge in [0.2, 0.25) is 0 Å². The predicted molar refractivity (Wildman–Crippen MR) is 79.1 cm³/mol. The predicted octanol–water partition coefficient (Wildman–Crippen LogP) is 3.29. The number of carboxylic acids is 1. The molecule has 0 aliphatic rings. The summed E-state index contributed by atoms with van der Waals surface area (Å²) in [5.74, 6) is -1.02. The van der Waals surface area contributed by atoms with Gasteiger partial charge in [-0.2, -0.15) is 0 Å². The Morgan fingerprint density at radius 3 is 2.62 bits per heavy atom. The van der Waals surface area contributed by atoms with E-state index < -0.39 is 12.1 Å². The van der Waals surface area contributed by atoms with Gasteiger partial charge in [0.15, 0.2) is 0 Å². The lowest BCUT2D eigenvalue weighted by Crippen LogP contribution is -2.15. The molecule has 2 rings (SSSR count). The minimum absolute atomic E-state index is 0.00948. The van der Waals surface area contributed by atoms with E-state index in [1.807, 2.05) is 30.3 Å². The van der Waals surface area contributed by atoms with E-state index in [1.165, 1.54) is 12.1 Å². The van der Waals surface area contributed by atoms with E-state index >= 15 is 0 Å². The summed E-state index contributed by atoms with van der Waals surface area (Å²) in [7, 11) is 0. The molecule has 2 aromatic rings. The molecule has 0 radical (unpaired) electrons. The van der Waals surface area contributed by atoms with Crippen LogP contribution in [0.15, 0.2) is 47.1 Å². The smallest absolute Gasteiger partial charge is 0.413 e. The SMILES string of the molecule is O=C(Nc1cc(C(=O)O)cc(Br)n1)OCc1ccccc1. The van der Waals surface area contributed by atoms with Crippen LogP contribution in [0.4, 0.5) is 10.6 Å². The van der Waals surface area contributed by atoms with Crippen molar-refractivity contribution in [2.24, 2.45) is 0 Å². The topological polar surface area (TPSA) is 88.5 Å². The molecule has 0 saturated heterocycles. The number of carbonyl (C=O) groups excluding carboxylic acids is 1. The summed E-state index contributed by atoms with van der Waals surface area (Å²) >= 11 is 3.08. The molecule has 1 amide bonds. The molecule has 0 saturated carbocycles. The number of anilines is 1. The molecular formula is C14H11BrN2O4. The van der Waals surface area contributed by atoms with E-state index in [0.717, 1.165) is 5.56 Å². The molecule has 0 bridgehead atoms. The molecule has 0 unspecified atom stereocenters. The van der Waals surface area contributed by atoms with Crippen LogP contribution in [-0.2, 0) is 11.3 Å². The van der Waals surface area contributed by atoms with Gasteiger partial charge in [0.1, 0.15) is 17.0 Å². The largest absolute Gasteiger partial charge is 0.478 e. The fraction of sp³-hybridized carbons (Fsp3) is 0.0714. The number of benzene rings is 1.